The fourth-order valence-corrected chi connectivity index (χ4v) is 7.45. The molecule has 4 atom stereocenters. The Hall–Kier alpha value is -1.29. The Morgan fingerprint density at radius 1 is 1.27 bits per heavy atom. The van der Waals surface area contributed by atoms with Crippen LogP contribution >= 0.6 is 39.0 Å². The number of aromatic nitrogens is 3. The molecule has 6 nitrogen and oxygen atoms in total. The maximum atomic E-state index is 12.3. The summed E-state index contributed by atoms with van der Waals surface area (Å²) in [4.78, 5) is 17.0. The number of thioether (sulfide) groups is 1. The molecular weight excluding hydrogens is 486 g/mol. The summed E-state index contributed by atoms with van der Waals surface area (Å²) in [6, 6.07) is 3.80. The van der Waals surface area contributed by atoms with Crippen molar-refractivity contribution in [1.29, 1.82) is 0 Å². The quantitative estimate of drug-likeness (QED) is 0.500. The number of rotatable bonds is 5. The van der Waals surface area contributed by atoms with Crippen molar-refractivity contribution in [1.82, 2.24) is 15.2 Å². The SMILES string of the molecule is CC1(C)[C@@H]2CC[C@@]1(C)[C@@H](O[C@H]1OC(=O)C(Br)=C1Sc1nnc(-c3ccncc3)s1)C2. The number of carbonyl (C=O) groups is 1. The Labute approximate surface area is 192 Å². The monoisotopic (exact) mass is 507 g/mol. The van der Waals surface area contributed by atoms with Crippen LogP contribution in [0.3, 0.4) is 0 Å². The maximum Gasteiger partial charge on any atom is 0.348 e. The molecule has 0 unspecified atom stereocenters. The van der Waals surface area contributed by atoms with Gasteiger partial charge >= 0.3 is 5.97 Å². The fraction of sp³-hybridized carbons (Fsp3) is 0.524. The first kappa shape index (κ1) is 20.6. The lowest BCUT2D eigenvalue weighted by Gasteiger charge is -2.39. The molecule has 1 aliphatic heterocycles. The summed E-state index contributed by atoms with van der Waals surface area (Å²) >= 11 is 6.25. The number of hydrogen-bond acceptors (Lipinski definition) is 8. The first-order valence-corrected chi connectivity index (χ1v) is 12.4. The van der Waals surface area contributed by atoms with E-state index in [1.807, 2.05) is 12.1 Å². The van der Waals surface area contributed by atoms with Crippen molar-refractivity contribution in [2.75, 3.05) is 0 Å². The van der Waals surface area contributed by atoms with Crippen molar-refractivity contribution in [2.45, 2.75) is 56.8 Å². The molecular formula is C21H22BrN3O3S2. The third-order valence-corrected chi connectivity index (χ3v) is 10.5. The van der Waals surface area contributed by atoms with Crippen LogP contribution < -0.4 is 0 Å². The zero-order chi connectivity index (χ0) is 21.1. The van der Waals surface area contributed by atoms with E-state index in [-0.39, 0.29) is 16.9 Å². The van der Waals surface area contributed by atoms with Gasteiger partial charge in [-0.2, -0.15) is 0 Å². The molecule has 3 aliphatic rings. The topological polar surface area (TPSA) is 74.2 Å². The van der Waals surface area contributed by atoms with Crippen LogP contribution in [0.2, 0.25) is 0 Å². The maximum absolute atomic E-state index is 12.3. The zero-order valence-corrected chi connectivity index (χ0v) is 20.1. The third-order valence-electron chi connectivity index (χ3n) is 7.36. The molecule has 3 heterocycles. The number of ether oxygens (including phenoxy) is 2. The second-order valence-corrected chi connectivity index (χ2v) is 11.9. The van der Waals surface area contributed by atoms with E-state index in [9.17, 15) is 4.79 Å². The average Bonchev–Trinajstić information content (AvgIpc) is 3.41. The van der Waals surface area contributed by atoms with Gasteiger partial charge in [0.2, 0.25) is 6.29 Å². The van der Waals surface area contributed by atoms with E-state index in [0.29, 0.717) is 15.3 Å². The predicted molar refractivity (Wildman–Crippen MR) is 119 cm³/mol. The van der Waals surface area contributed by atoms with Crippen molar-refractivity contribution in [3.63, 3.8) is 0 Å². The molecule has 2 saturated carbocycles. The van der Waals surface area contributed by atoms with Crippen LogP contribution in [0.1, 0.15) is 40.0 Å². The molecule has 0 N–H and O–H groups in total. The first-order chi connectivity index (χ1) is 14.3. The van der Waals surface area contributed by atoms with Gasteiger partial charge in [-0.3, -0.25) is 4.98 Å². The summed E-state index contributed by atoms with van der Waals surface area (Å²) in [6.07, 6.45) is 6.23. The number of esters is 1. The van der Waals surface area contributed by atoms with Gasteiger partial charge in [0.25, 0.3) is 0 Å². The molecule has 2 aromatic rings. The average molecular weight is 508 g/mol. The highest BCUT2D eigenvalue weighted by atomic mass is 79.9. The normalized spacial score (nSPS) is 32.1. The standard InChI is InChI=1S/C21H22BrN3O3S2/c1-20(2)12-4-7-21(20,3)13(10-12)27-18-15(14(22)17(26)28-18)29-19-25-24-16(30-19)11-5-8-23-9-6-11/h5-6,8-9,12-13,18H,4,7,10H2,1-3H3/t12-,13+,18+,21+/m1/s1. The van der Waals surface area contributed by atoms with Crippen LogP contribution in [0.4, 0.5) is 0 Å². The van der Waals surface area contributed by atoms with Gasteiger partial charge in [-0.15, -0.1) is 10.2 Å². The number of nitrogens with zero attached hydrogens (tertiary/aromatic N) is 3. The molecule has 0 radical (unpaired) electrons. The Bertz CT molecular complexity index is 1030. The lowest BCUT2D eigenvalue weighted by atomic mass is 9.70. The summed E-state index contributed by atoms with van der Waals surface area (Å²) in [7, 11) is 0. The molecule has 9 heteroatoms. The van der Waals surface area contributed by atoms with Gasteiger partial charge in [0, 0.05) is 18.0 Å². The van der Waals surface area contributed by atoms with E-state index in [4.69, 9.17) is 9.47 Å². The summed E-state index contributed by atoms with van der Waals surface area (Å²) in [5, 5.41) is 9.38. The van der Waals surface area contributed by atoms with Crippen LogP contribution in [0, 0.1) is 16.7 Å². The van der Waals surface area contributed by atoms with Gasteiger partial charge in [0.15, 0.2) is 4.34 Å². The summed E-state index contributed by atoms with van der Waals surface area (Å²) in [6.45, 7) is 7.01. The summed E-state index contributed by atoms with van der Waals surface area (Å²) in [5.74, 6) is 0.258. The van der Waals surface area contributed by atoms with E-state index in [1.165, 1.54) is 29.5 Å². The van der Waals surface area contributed by atoms with Crippen molar-refractivity contribution in [3.05, 3.63) is 33.9 Å². The lowest BCUT2D eigenvalue weighted by molar-refractivity contribution is -0.181. The van der Waals surface area contributed by atoms with Crippen molar-refractivity contribution in [3.8, 4) is 10.6 Å². The molecule has 5 rings (SSSR count). The summed E-state index contributed by atoms with van der Waals surface area (Å²) in [5.41, 5.74) is 1.28. The summed E-state index contributed by atoms with van der Waals surface area (Å²) < 4.78 is 13.2. The molecule has 0 aromatic carbocycles. The van der Waals surface area contributed by atoms with E-state index in [2.05, 4.69) is 51.9 Å². The molecule has 2 bridgehead atoms. The third kappa shape index (κ3) is 3.16. The molecule has 158 valence electrons. The van der Waals surface area contributed by atoms with E-state index >= 15 is 0 Å². The largest absolute Gasteiger partial charge is 0.427 e. The molecule has 0 spiro atoms. The smallest absolute Gasteiger partial charge is 0.348 e. The second-order valence-electron chi connectivity index (χ2n) is 8.86. The van der Waals surface area contributed by atoms with Gasteiger partial charge in [0.05, 0.1) is 11.0 Å². The van der Waals surface area contributed by atoms with Gasteiger partial charge < -0.3 is 9.47 Å². The Balaban J connectivity index is 1.35. The van der Waals surface area contributed by atoms with Gasteiger partial charge in [0.1, 0.15) is 9.49 Å². The van der Waals surface area contributed by atoms with Crippen molar-refractivity contribution >= 4 is 45.0 Å². The molecule has 2 aromatic heterocycles. The van der Waals surface area contributed by atoms with Crippen LogP contribution in [-0.4, -0.2) is 33.5 Å². The molecule has 0 saturated heterocycles. The fourth-order valence-electron chi connectivity index (χ4n) is 5.03. The van der Waals surface area contributed by atoms with E-state index in [1.54, 1.807) is 12.4 Å². The minimum atomic E-state index is -0.706. The highest BCUT2D eigenvalue weighted by Gasteiger charge is 2.62. The highest BCUT2D eigenvalue weighted by molar-refractivity contribution is 9.12. The molecule has 0 amide bonds. The molecule has 30 heavy (non-hydrogen) atoms. The van der Waals surface area contributed by atoms with Crippen LogP contribution in [-0.2, 0) is 14.3 Å². The van der Waals surface area contributed by atoms with Crippen LogP contribution in [0.5, 0.6) is 0 Å². The van der Waals surface area contributed by atoms with Crippen LogP contribution in [0.15, 0.2) is 38.3 Å². The number of hydrogen-bond donors (Lipinski definition) is 0. The Morgan fingerprint density at radius 3 is 2.70 bits per heavy atom. The van der Waals surface area contributed by atoms with Crippen LogP contribution in [0.25, 0.3) is 10.6 Å². The van der Waals surface area contributed by atoms with E-state index < -0.39 is 12.3 Å². The first-order valence-electron chi connectivity index (χ1n) is 9.97. The molecule has 2 aliphatic carbocycles. The van der Waals surface area contributed by atoms with Crippen molar-refractivity contribution < 1.29 is 14.3 Å². The number of cyclic esters (lactones) is 1. The van der Waals surface area contributed by atoms with Gasteiger partial charge in [-0.25, -0.2) is 4.79 Å². The van der Waals surface area contributed by atoms with E-state index in [0.717, 1.165) is 27.8 Å². The Morgan fingerprint density at radius 2 is 2.03 bits per heavy atom. The second kappa shape index (κ2) is 7.39. The predicted octanol–water partition coefficient (Wildman–Crippen LogP) is 5.41. The highest BCUT2D eigenvalue weighted by Crippen LogP contribution is 2.66. The number of carbonyl (C=O) groups excluding carboxylic acids is 1. The molecule has 2 fully saturated rings. The minimum Gasteiger partial charge on any atom is -0.427 e. The zero-order valence-electron chi connectivity index (χ0n) is 16.9. The number of fused-ring (bicyclic) bond motifs is 2. The Kier molecular flexibility index (Phi) is 5.08. The van der Waals surface area contributed by atoms with Crippen molar-refractivity contribution in [2.24, 2.45) is 16.7 Å². The number of pyridine rings is 1. The minimum absolute atomic E-state index is 0.0693. The number of halogens is 1. The van der Waals surface area contributed by atoms with Gasteiger partial charge in [-0.05, 0) is 64.1 Å². The van der Waals surface area contributed by atoms with Gasteiger partial charge in [-0.1, -0.05) is 43.9 Å². The lowest BCUT2D eigenvalue weighted by Crippen LogP contribution is -2.39.